The number of rotatable bonds is 5. The number of hydrogen-bond acceptors (Lipinski definition) is 5. The van der Waals surface area contributed by atoms with Crippen LogP contribution in [0, 0.1) is 0 Å². The van der Waals surface area contributed by atoms with E-state index < -0.39 is 23.8 Å². The van der Waals surface area contributed by atoms with E-state index in [2.05, 4.69) is 10.6 Å². The molecule has 0 bridgehead atoms. The van der Waals surface area contributed by atoms with Crippen LogP contribution in [0.15, 0.2) is 24.3 Å². The first-order chi connectivity index (χ1) is 11.2. The van der Waals surface area contributed by atoms with Crippen LogP contribution < -0.4 is 16.4 Å². The number of nitrogens with two attached hydrogens (primary N) is 1. The summed E-state index contributed by atoms with van der Waals surface area (Å²) in [6.45, 7) is 1.21. The fourth-order valence-corrected chi connectivity index (χ4v) is 1.91. The SMILES string of the molecule is CC(=O)NC(CCC(N)=O)C(=O)O.O=C1NC(=O)c2ccccc21. The van der Waals surface area contributed by atoms with E-state index in [-0.39, 0.29) is 24.7 Å². The van der Waals surface area contributed by atoms with Crippen LogP contribution in [0.4, 0.5) is 0 Å². The van der Waals surface area contributed by atoms with Gasteiger partial charge < -0.3 is 16.2 Å². The van der Waals surface area contributed by atoms with Gasteiger partial charge in [0.2, 0.25) is 11.8 Å². The Morgan fingerprint density at radius 1 is 1.17 bits per heavy atom. The molecule has 9 heteroatoms. The second-order valence-electron chi connectivity index (χ2n) is 4.93. The van der Waals surface area contributed by atoms with Crippen LogP contribution in [-0.2, 0) is 14.4 Å². The molecular formula is C15H17N3O6. The summed E-state index contributed by atoms with van der Waals surface area (Å²) in [5, 5.41) is 13.0. The van der Waals surface area contributed by atoms with Crippen LogP contribution in [0.2, 0.25) is 0 Å². The number of aliphatic carboxylic acids is 1. The molecule has 0 aromatic heterocycles. The van der Waals surface area contributed by atoms with Crippen molar-refractivity contribution in [3.63, 3.8) is 0 Å². The first-order valence-corrected chi connectivity index (χ1v) is 6.95. The van der Waals surface area contributed by atoms with Crippen LogP contribution in [0.1, 0.15) is 40.5 Å². The number of carboxylic acids is 1. The van der Waals surface area contributed by atoms with Gasteiger partial charge in [0.15, 0.2) is 0 Å². The molecule has 0 saturated heterocycles. The molecule has 9 nitrogen and oxygen atoms in total. The second-order valence-corrected chi connectivity index (χ2v) is 4.93. The largest absolute Gasteiger partial charge is 0.480 e. The first-order valence-electron chi connectivity index (χ1n) is 6.95. The van der Waals surface area contributed by atoms with Crippen molar-refractivity contribution in [1.82, 2.24) is 10.6 Å². The molecular weight excluding hydrogens is 318 g/mol. The predicted molar refractivity (Wildman–Crippen MR) is 81.9 cm³/mol. The van der Waals surface area contributed by atoms with E-state index in [1.165, 1.54) is 6.92 Å². The summed E-state index contributed by atoms with van der Waals surface area (Å²) >= 11 is 0. The van der Waals surface area contributed by atoms with Gasteiger partial charge in [-0.1, -0.05) is 12.1 Å². The normalized spacial score (nSPS) is 13.0. The third kappa shape index (κ3) is 5.52. The molecule has 0 radical (unpaired) electrons. The van der Waals surface area contributed by atoms with E-state index in [1.54, 1.807) is 24.3 Å². The van der Waals surface area contributed by atoms with Crippen LogP contribution in [0.3, 0.4) is 0 Å². The van der Waals surface area contributed by atoms with Gasteiger partial charge >= 0.3 is 5.97 Å². The predicted octanol–water partition coefficient (Wildman–Crippen LogP) is -0.589. The maximum Gasteiger partial charge on any atom is 0.326 e. The smallest absolute Gasteiger partial charge is 0.326 e. The highest BCUT2D eigenvalue weighted by Gasteiger charge is 2.25. The molecule has 2 rings (SSSR count). The van der Waals surface area contributed by atoms with Crippen molar-refractivity contribution in [3.8, 4) is 0 Å². The van der Waals surface area contributed by atoms with E-state index in [4.69, 9.17) is 10.8 Å². The Hall–Kier alpha value is -3.23. The summed E-state index contributed by atoms with van der Waals surface area (Å²) in [5.41, 5.74) is 5.77. The number of nitrogens with one attached hydrogen (secondary N) is 2. The maximum atomic E-state index is 10.9. The van der Waals surface area contributed by atoms with Crippen LogP contribution in [-0.4, -0.2) is 40.7 Å². The van der Waals surface area contributed by atoms with Crippen LogP contribution >= 0.6 is 0 Å². The minimum absolute atomic E-state index is 0.0181. The molecule has 5 N–H and O–H groups in total. The highest BCUT2D eigenvalue weighted by molar-refractivity contribution is 6.21. The number of carbonyl (C=O) groups excluding carboxylic acids is 4. The van der Waals surface area contributed by atoms with Crippen LogP contribution in [0.5, 0.6) is 0 Å². The standard InChI is InChI=1S/C8H5NO2.C7H12N2O4/c10-7-5-3-1-2-4-6(5)8(11)9-7;1-4(10)9-5(7(12)13)2-3-6(8)11/h1-4H,(H,9,10,11);5H,2-3H2,1H3,(H2,8,11)(H,9,10)(H,12,13). The lowest BCUT2D eigenvalue weighted by molar-refractivity contribution is -0.141. The number of imide groups is 1. The molecule has 0 spiro atoms. The first kappa shape index (κ1) is 18.8. The number of primary amides is 1. The Bertz CT molecular complexity index is 653. The van der Waals surface area contributed by atoms with Crippen molar-refractivity contribution in [2.45, 2.75) is 25.8 Å². The fraction of sp³-hybridized carbons (Fsp3) is 0.267. The molecule has 1 aromatic carbocycles. The number of fused-ring (bicyclic) bond motifs is 1. The summed E-state index contributed by atoms with van der Waals surface area (Å²) in [6, 6.07) is 5.70. The lowest BCUT2D eigenvalue weighted by atomic mass is 10.1. The van der Waals surface area contributed by atoms with Gasteiger partial charge in [0.25, 0.3) is 11.8 Å². The molecule has 1 aliphatic heterocycles. The molecule has 24 heavy (non-hydrogen) atoms. The van der Waals surface area contributed by atoms with Crippen molar-refractivity contribution in [1.29, 1.82) is 0 Å². The average Bonchev–Trinajstić information content (AvgIpc) is 2.79. The Morgan fingerprint density at radius 2 is 1.67 bits per heavy atom. The zero-order chi connectivity index (χ0) is 18.3. The Balaban J connectivity index is 0.000000242. The highest BCUT2D eigenvalue weighted by Crippen LogP contribution is 2.13. The van der Waals surface area contributed by atoms with Gasteiger partial charge in [-0.15, -0.1) is 0 Å². The summed E-state index contributed by atoms with van der Waals surface area (Å²) in [5.74, 6) is -2.80. The molecule has 1 aromatic rings. The lowest BCUT2D eigenvalue weighted by Gasteiger charge is -2.11. The highest BCUT2D eigenvalue weighted by atomic mass is 16.4. The third-order valence-electron chi connectivity index (χ3n) is 3.00. The molecule has 0 saturated carbocycles. The average molecular weight is 335 g/mol. The minimum atomic E-state index is -1.17. The van der Waals surface area contributed by atoms with E-state index >= 15 is 0 Å². The van der Waals surface area contributed by atoms with Crippen LogP contribution in [0.25, 0.3) is 0 Å². The van der Waals surface area contributed by atoms with Crippen molar-refractivity contribution >= 4 is 29.6 Å². The maximum absolute atomic E-state index is 10.9. The van der Waals surface area contributed by atoms with Gasteiger partial charge in [-0.3, -0.25) is 24.5 Å². The Morgan fingerprint density at radius 3 is 2.04 bits per heavy atom. The van der Waals surface area contributed by atoms with Gasteiger partial charge in [0, 0.05) is 13.3 Å². The summed E-state index contributed by atoms with van der Waals surface area (Å²) in [7, 11) is 0. The summed E-state index contributed by atoms with van der Waals surface area (Å²) in [6.07, 6.45) is -0.0402. The number of benzene rings is 1. The number of carboxylic acid groups (broad SMARTS) is 1. The quantitative estimate of drug-likeness (QED) is 0.527. The number of carbonyl (C=O) groups is 5. The van der Waals surface area contributed by atoms with E-state index in [9.17, 15) is 24.0 Å². The number of amides is 4. The fourth-order valence-electron chi connectivity index (χ4n) is 1.91. The number of hydrogen-bond donors (Lipinski definition) is 4. The second kappa shape index (κ2) is 8.42. The Labute approximate surface area is 137 Å². The topological polar surface area (TPSA) is 156 Å². The summed E-state index contributed by atoms with van der Waals surface area (Å²) < 4.78 is 0. The molecule has 4 amide bonds. The summed E-state index contributed by atoms with van der Waals surface area (Å²) in [4.78, 5) is 53.2. The monoisotopic (exact) mass is 335 g/mol. The minimum Gasteiger partial charge on any atom is -0.480 e. The van der Waals surface area contributed by atoms with Gasteiger partial charge in [0.1, 0.15) is 6.04 Å². The van der Waals surface area contributed by atoms with Gasteiger partial charge in [-0.25, -0.2) is 4.79 Å². The van der Waals surface area contributed by atoms with E-state index in [1.807, 2.05) is 0 Å². The Kier molecular flexibility index (Phi) is 6.60. The van der Waals surface area contributed by atoms with Crippen molar-refractivity contribution in [2.24, 2.45) is 5.73 Å². The van der Waals surface area contributed by atoms with Gasteiger partial charge in [0.05, 0.1) is 11.1 Å². The lowest BCUT2D eigenvalue weighted by Crippen LogP contribution is -2.40. The molecule has 1 aliphatic rings. The van der Waals surface area contributed by atoms with Gasteiger partial charge in [-0.2, -0.15) is 0 Å². The molecule has 1 unspecified atom stereocenters. The van der Waals surface area contributed by atoms with Gasteiger partial charge in [-0.05, 0) is 18.6 Å². The zero-order valence-electron chi connectivity index (χ0n) is 12.9. The third-order valence-corrected chi connectivity index (χ3v) is 3.00. The van der Waals surface area contributed by atoms with E-state index in [0.29, 0.717) is 11.1 Å². The van der Waals surface area contributed by atoms with E-state index in [0.717, 1.165) is 0 Å². The van der Waals surface area contributed by atoms with Crippen molar-refractivity contribution in [2.75, 3.05) is 0 Å². The van der Waals surface area contributed by atoms with Crippen molar-refractivity contribution in [3.05, 3.63) is 35.4 Å². The molecule has 128 valence electrons. The zero-order valence-corrected chi connectivity index (χ0v) is 12.9. The molecule has 1 heterocycles. The molecule has 0 aliphatic carbocycles. The molecule has 1 atom stereocenters. The van der Waals surface area contributed by atoms with Crippen molar-refractivity contribution < 1.29 is 29.1 Å². The molecule has 0 fully saturated rings.